The van der Waals surface area contributed by atoms with Crippen molar-refractivity contribution < 1.29 is 9.59 Å². The molecule has 4 bridgehead atoms. The maximum absolute atomic E-state index is 13.3. The topological polar surface area (TPSA) is 58.5 Å². The number of carbonyl (C=O) groups excluding carboxylic acids is 2. The van der Waals surface area contributed by atoms with Crippen LogP contribution in [-0.4, -0.2) is 17.5 Å². The molecule has 0 radical (unpaired) electrons. The molecule has 0 aromatic rings. The highest BCUT2D eigenvalue weighted by Gasteiger charge is 2.54. The Morgan fingerprint density at radius 2 is 1.68 bits per heavy atom. The lowest BCUT2D eigenvalue weighted by molar-refractivity contribution is -0.142. The van der Waals surface area contributed by atoms with Crippen LogP contribution < -0.4 is 5.32 Å². The van der Waals surface area contributed by atoms with Crippen LogP contribution in [0.15, 0.2) is 40.6 Å². The second kappa shape index (κ2) is 6.01. The predicted octanol–water partition coefficient (Wildman–Crippen LogP) is 4.34. The minimum Gasteiger partial charge on any atom is -0.325 e. The number of allylic oxidation sites excluding steroid dienone is 3. The molecule has 1 unspecified atom stereocenters. The Labute approximate surface area is 167 Å². The van der Waals surface area contributed by atoms with Gasteiger partial charge in [0.2, 0.25) is 5.91 Å². The Bertz CT molecular complexity index is 830. The molecule has 6 rings (SSSR count). The lowest BCUT2D eigenvalue weighted by atomic mass is 9.49. The van der Waals surface area contributed by atoms with Crippen molar-refractivity contribution in [1.82, 2.24) is 5.32 Å². The second-order valence-corrected chi connectivity index (χ2v) is 10.8. The fourth-order valence-corrected chi connectivity index (χ4v) is 6.75. The summed E-state index contributed by atoms with van der Waals surface area (Å²) in [5.74, 6) is 2.25. The first-order valence-electron chi connectivity index (χ1n) is 10.8. The fourth-order valence-electron chi connectivity index (χ4n) is 6.75. The highest BCUT2D eigenvalue weighted by atomic mass is 16.2. The first-order valence-corrected chi connectivity index (χ1v) is 10.8. The summed E-state index contributed by atoms with van der Waals surface area (Å²) >= 11 is 0. The molecular weight excluding hydrogens is 348 g/mol. The zero-order valence-corrected chi connectivity index (χ0v) is 17.1. The molecule has 0 aromatic carbocycles. The molecule has 4 heteroatoms. The highest BCUT2D eigenvalue weighted by molar-refractivity contribution is 6.12. The summed E-state index contributed by atoms with van der Waals surface area (Å²) in [5.41, 5.74) is 2.33. The molecular formula is C24H30N2O2. The molecule has 6 aliphatic rings. The van der Waals surface area contributed by atoms with Crippen molar-refractivity contribution in [3.05, 3.63) is 35.6 Å². The number of rotatable bonds is 1. The van der Waals surface area contributed by atoms with Crippen LogP contribution in [0, 0.1) is 34.5 Å². The van der Waals surface area contributed by atoms with Crippen molar-refractivity contribution in [3.8, 4) is 0 Å². The Kier molecular flexibility index (Phi) is 3.88. The van der Waals surface area contributed by atoms with Crippen LogP contribution >= 0.6 is 0 Å². The fraction of sp³-hybridized carbons (Fsp3) is 0.625. The van der Waals surface area contributed by atoms with Crippen molar-refractivity contribution >= 4 is 17.5 Å². The van der Waals surface area contributed by atoms with E-state index < -0.39 is 0 Å². The quantitative estimate of drug-likeness (QED) is 0.738. The SMILES string of the molecule is CC(C)(C)C1=CC(=O)NC2=CC(=NC(=O)C34CC5CC(CC(C5)C3)C4)C=CC21. The number of hydrogen-bond acceptors (Lipinski definition) is 2. The van der Waals surface area contributed by atoms with Crippen LogP contribution in [0.2, 0.25) is 0 Å². The molecule has 1 aliphatic heterocycles. The van der Waals surface area contributed by atoms with Crippen molar-refractivity contribution in [1.29, 1.82) is 0 Å². The molecule has 0 spiro atoms. The summed E-state index contributed by atoms with van der Waals surface area (Å²) in [6.45, 7) is 6.38. The predicted molar refractivity (Wildman–Crippen MR) is 109 cm³/mol. The number of hydrogen-bond donors (Lipinski definition) is 1. The molecule has 4 saturated carbocycles. The van der Waals surface area contributed by atoms with Crippen LogP contribution in [0.25, 0.3) is 0 Å². The van der Waals surface area contributed by atoms with Gasteiger partial charge in [-0.25, -0.2) is 4.99 Å². The first-order chi connectivity index (χ1) is 13.2. The summed E-state index contributed by atoms with van der Waals surface area (Å²) in [7, 11) is 0. The van der Waals surface area contributed by atoms with E-state index in [4.69, 9.17) is 0 Å². The van der Waals surface area contributed by atoms with Gasteiger partial charge in [-0.3, -0.25) is 9.59 Å². The van der Waals surface area contributed by atoms with Gasteiger partial charge in [-0.2, -0.15) is 0 Å². The Balaban J connectivity index is 1.42. The standard InChI is InChI=1S/C24H30N2O2/c1-23(2,3)19-10-21(27)26-20-9-17(4-5-18(19)20)25-22(28)24-11-14-6-15(12-24)8-16(7-14)13-24/h4-5,9-10,14-16,18H,6-8,11-13H2,1-3H3,(H,26,27). The van der Waals surface area contributed by atoms with Crippen LogP contribution in [-0.2, 0) is 9.59 Å². The van der Waals surface area contributed by atoms with Gasteiger partial charge in [-0.05, 0) is 79.4 Å². The zero-order valence-electron chi connectivity index (χ0n) is 17.1. The third-order valence-corrected chi connectivity index (χ3v) is 7.58. The number of aliphatic imine (C=N–C) groups is 1. The lowest BCUT2D eigenvalue weighted by Gasteiger charge is -2.55. The van der Waals surface area contributed by atoms with Gasteiger partial charge in [0.1, 0.15) is 0 Å². The number of amides is 2. The van der Waals surface area contributed by atoms with Gasteiger partial charge in [-0.15, -0.1) is 0 Å². The van der Waals surface area contributed by atoms with Crippen molar-refractivity contribution in [2.75, 3.05) is 0 Å². The van der Waals surface area contributed by atoms with Gasteiger partial charge >= 0.3 is 0 Å². The van der Waals surface area contributed by atoms with E-state index in [0.717, 1.165) is 48.3 Å². The average molecular weight is 379 g/mol. The highest BCUT2D eigenvalue weighted by Crippen LogP contribution is 2.60. The van der Waals surface area contributed by atoms with Gasteiger partial charge in [0.15, 0.2) is 0 Å². The molecule has 28 heavy (non-hydrogen) atoms. The van der Waals surface area contributed by atoms with E-state index >= 15 is 0 Å². The molecule has 0 aromatic heterocycles. The van der Waals surface area contributed by atoms with E-state index in [2.05, 4.69) is 37.2 Å². The van der Waals surface area contributed by atoms with E-state index in [9.17, 15) is 9.59 Å². The average Bonchev–Trinajstić information content (AvgIpc) is 2.58. The minimum absolute atomic E-state index is 0.0614. The third-order valence-electron chi connectivity index (χ3n) is 7.58. The zero-order chi connectivity index (χ0) is 19.7. The Morgan fingerprint density at radius 1 is 1.07 bits per heavy atom. The summed E-state index contributed by atoms with van der Waals surface area (Å²) in [5, 5.41) is 2.96. The van der Waals surface area contributed by atoms with Crippen LogP contribution in [0.5, 0.6) is 0 Å². The Morgan fingerprint density at radius 3 is 2.25 bits per heavy atom. The monoisotopic (exact) mass is 378 g/mol. The second-order valence-electron chi connectivity index (χ2n) is 10.8. The minimum atomic E-state index is -0.211. The number of carbonyl (C=O) groups is 2. The van der Waals surface area contributed by atoms with Crippen LogP contribution in [0.3, 0.4) is 0 Å². The maximum atomic E-state index is 13.3. The molecule has 148 valence electrons. The largest absolute Gasteiger partial charge is 0.325 e. The van der Waals surface area contributed by atoms with Crippen LogP contribution in [0.4, 0.5) is 0 Å². The Hall–Kier alpha value is -1.97. The number of nitrogens with zero attached hydrogens (tertiary/aromatic N) is 1. The van der Waals surface area contributed by atoms with Crippen molar-refractivity contribution in [2.45, 2.75) is 59.3 Å². The lowest BCUT2D eigenvalue weighted by Crippen LogP contribution is -2.49. The van der Waals surface area contributed by atoms with Crippen molar-refractivity contribution in [3.63, 3.8) is 0 Å². The summed E-state index contributed by atoms with van der Waals surface area (Å²) in [6.07, 6.45) is 14.7. The molecule has 1 N–H and O–H groups in total. The van der Waals surface area contributed by atoms with Crippen LogP contribution in [0.1, 0.15) is 59.3 Å². The molecule has 2 amide bonds. The van der Waals surface area contributed by atoms with Crippen molar-refractivity contribution in [2.24, 2.45) is 39.5 Å². The molecule has 0 saturated heterocycles. The molecule has 5 aliphatic carbocycles. The van der Waals surface area contributed by atoms with E-state index in [1.807, 2.05) is 12.2 Å². The van der Waals surface area contributed by atoms with E-state index in [-0.39, 0.29) is 28.6 Å². The maximum Gasteiger partial charge on any atom is 0.252 e. The van der Waals surface area contributed by atoms with Gasteiger partial charge in [0.05, 0.1) is 11.1 Å². The smallest absolute Gasteiger partial charge is 0.252 e. The van der Waals surface area contributed by atoms with E-state index in [1.54, 1.807) is 6.08 Å². The van der Waals surface area contributed by atoms with Gasteiger partial charge in [0, 0.05) is 17.7 Å². The molecule has 1 heterocycles. The molecule has 4 fully saturated rings. The summed E-state index contributed by atoms with van der Waals surface area (Å²) in [4.78, 5) is 30.0. The molecule has 4 nitrogen and oxygen atoms in total. The van der Waals surface area contributed by atoms with E-state index in [1.165, 1.54) is 19.3 Å². The molecule has 1 atom stereocenters. The number of fused-ring (bicyclic) bond motifs is 1. The van der Waals surface area contributed by atoms with Gasteiger partial charge in [-0.1, -0.05) is 26.8 Å². The summed E-state index contributed by atoms with van der Waals surface area (Å²) < 4.78 is 0. The van der Waals surface area contributed by atoms with Gasteiger partial charge < -0.3 is 5.32 Å². The summed E-state index contributed by atoms with van der Waals surface area (Å²) in [6, 6.07) is 0. The first kappa shape index (κ1) is 18.1. The normalized spacial score (nSPS) is 40.1. The number of nitrogens with one attached hydrogen (secondary N) is 1. The third kappa shape index (κ3) is 2.92. The van der Waals surface area contributed by atoms with E-state index in [0.29, 0.717) is 5.71 Å². The van der Waals surface area contributed by atoms with Gasteiger partial charge in [0.25, 0.3) is 5.91 Å².